The maximum Gasteiger partial charge on any atom is 0.0632 e. The maximum absolute atomic E-state index is 5.49. The lowest BCUT2D eigenvalue weighted by Crippen LogP contribution is -2.50. The number of likely N-dealkylation sites (tertiary alicyclic amines) is 1. The molecule has 2 N–H and O–H groups in total. The highest BCUT2D eigenvalue weighted by atomic mass is 16.5. The Morgan fingerprint density at radius 3 is 2.95 bits per heavy atom. The van der Waals surface area contributed by atoms with Crippen LogP contribution in [-0.4, -0.2) is 63.9 Å². The van der Waals surface area contributed by atoms with Crippen molar-refractivity contribution < 1.29 is 4.74 Å². The average Bonchev–Trinajstić information content (AvgIpc) is 2.40. The molecule has 0 saturated carbocycles. The fraction of sp³-hybridized carbons (Fsp3) is 1.00. The molecule has 0 spiro atoms. The first-order valence-corrected chi connectivity index (χ1v) is 7.78. The van der Waals surface area contributed by atoms with Crippen molar-refractivity contribution in [3.63, 3.8) is 0 Å². The van der Waals surface area contributed by atoms with Gasteiger partial charge in [-0.05, 0) is 37.8 Å². The molecule has 0 aromatic rings. The molecule has 0 aromatic heterocycles. The molecule has 2 rings (SSSR count). The van der Waals surface area contributed by atoms with Crippen LogP contribution < -0.4 is 10.6 Å². The van der Waals surface area contributed by atoms with Gasteiger partial charge in [0.2, 0.25) is 0 Å². The molecule has 0 bridgehead atoms. The van der Waals surface area contributed by atoms with E-state index in [-0.39, 0.29) is 0 Å². The van der Waals surface area contributed by atoms with Crippen molar-refractivity contribution >= 4 is 0 Å². The van der Waals surface area contributed by atoms with Crippen LogP contribution >= 0.6 is 0 Å². The third-order valence-electron chi connectivity index (χ3n) is 4.70. The van der Waals surface area contributed by atoms with Crippen molar-refractivity contribution in [2.75, 3.05) is 53.0 Å². The van der Waals surface area contributed by atoms with Crippen LogP contribution in [0.25, 0.3) is 0 Å². The molecule has 4 heteroatoms. The minimum absolute atomic E-state index is 0.379. The molecule has 2 aliphatic rings. The average molecular weight is 269 g/mol. The zero-order valence-electron chi connectivity index (χ0n) is 12.9. The highest BCUT2D eigenvalue weighted by Gasteiger charge is 2.32. The van der Waals surface area contributed by atoms with Crippen molar-refractivity contribution in [2.24, 2.45) is 11.3 Å². The second kappa shape index (κ2) is 7.02. The SMILES string of the molecule is CN1CCCC(C(C)(C)CNCC2COCCN2)C1. The van der Waals surface area contributed by atoms with Crippen LogP contribution in [0.3, 0.4) is 0 Å². The summed E-state index contributed by atoms with van der Waals surface area (Å²) < 4.78 is 5.49. The van der Waals surface area contributed by atoms with E-state index in [0.717, 1.165) is 38.8 Å². The van der Waals surface area contributed by atoms with E-state index in [0.29, 0.717) is 11.5 Å². The molecule has 19 heavy (non-hydrogen) atoms. The third-order valence-corrected chi connectivity index (χ3v) is 4.70. The van der Waals surface area contributed by atoms with E-state index in [1.807, 2.05) is 0 Å². The molecule has 0 amide bonds. The predicted octanol–water partition coefficient (Wildman–Crippen LogP) is 0.932. The summed E-state index contributed by atoms with van der Waals surface area (Å²) in [6, 6.07) is 0.485. The molecule has 0 aromatic carbocycles. The summed E-state index contributed by atoms with van der Waals surface area (Å²) in [5.41, 5.74) is 0.379. The van der Waals surface area contributed by atoms with Gasteiger partial charge in [0.1, 0.15) is 0 Å². The molecule has 2 fully saturated rings. The molecule has 0 aliphatic carbocycles. The smallest absolute Gasteiger partial charge is 0.0632 e. The Kier molecular flexibility index (Phi) is 5.63. The maximum atomic E-state index is 5.49. The van der Waals surface area contributed by atoms with E-state index in [1.54, 1.807) is 0 Å². The lowest BCUT2D eigenvalue weighted by molar-refractivity contribution is 0.0716. The summed E-state index contributed by atoms with van der Waals surface area (Å²) in [6.07, 6.45) is 2.73. The van der Waals surface area contributed by atoms with E-state index in [2.05, 4.69) is 36.4 Å². The lowest BCUT2D eigenvalue weighted by atomic mass is 9.74. The second-order valence-corrected chi connectivity index (χ2v) is 6.95. The molecule has 2 aliphatic heterocycles. The summed E-state index contributed by atoms with van der Waals surface area (Å²) >= 11 is 0. The molecule has 2 unspecified atom stereocenters. The van der Waals surface area contributed by atoms with Gasteiger partial charge in [0.25, 0.3) is 0 Å². The van der Waals surface area contributed by atoms with Gasteiger partial charge in [-0.15, -0.1) is 0 Å². The Labute approximate surface area is 118 Å². The summed E-state index contributed by atoms with van der Waals surface area (Å²) in [4.78, 5) is 2.48. The number of nitrogens with one attached hydrogen (secondary N) is 2. The van der Waals surface area contributed by atoms with E-state index < -0.39 is 0 Å². The van der Waals surface area contributed by atoms with Crippen molar-refractivity contribution in [3.8, 4) is 0 Å². The Bertz CT molecular complexity index is 264. The molecular formula is C15H31N3O. The van der Waals surface area contributed by atoms with E-state index >= 15 is 0 Å². The molecule has 4 nitrogen and oxygen atoms in total. The van der Waals surface area contributed by atoms with Crippen LogP contribution in [-0.2, 0) is 4.74 Å². The van der Waals surface area contributed by atoms with E-state index in [9.17, 15) is 0 Å². The number of piperidine rings is 1. The minimum Gasteiger partial charge on any atom is -0.378 e. The van der Waals surface area contributed by atoms with Crippen LogP contribution in [0, 0.1) is 11.3 Å². The molecular weight excluding hydrogens is 238 g/mol. The van der Waals surface area contributed by atoms with Gasteiger partial charge in [0.15, 0.2) is 0 Å². The standard InChI is InChI=1S/C15H31N3O/c1-15(2,13-5-4-7-18(3)10-13)12-16-9-14-11-19-8-6-17-14/h13-14,16-17H,4-12H2,1-3H3. The molecule has 2 saturated heterocycles. The van der Waals surface area contributed by atoms with Crippen LogP contribution in [0.5, 0.6) is 0 Å². The van der Waals surface area contributed by atoms with Crippen LogP contribution in [0.2, 0.25) is 0 Å². The Morgan fingerprint density at radius 1 is 1.42 bits per heavy atom. The Balaban J connectivity index is 1.70. The van der Waals surface area contributed by atoms with Gasteiger partial charge in [-0.25, -0.2) is 0 Å². The highest BCUT2D eigenvalue weighted by molar-refractivity contribution is 4.86. The monoisotopic (exact) mass is 269 g/mol. The van der Waals surface area contributed by atoms with Gasteiger partial charge in [0, 0.05) is 32.2 Å². The predicted molar refractivity (Wildman–Crippen MR) is 79.5 cm³/mol. The summed E-state index contributed by atoms with van der Waals surface area (Å²) in [6.45, 7) is 12.2. The number of rotatable bonds is 5. The van der Waals surface area contributed by atoms with Crippen molar-refractivity contribution in [2.45, 2.75) is 32.7 Å². The number of nitrogens with zero attached hydrogens (tertiary/aromatic N) is 1. The fourth-order valence-electron chi connectivity index (χ4n) is 3.27. The quantitative estimate of drug-likeness (QED) is 0.778. The zero-order valence-corrected chi connectivity index (χ0v) is 12.9. The molecule has 2 atom stereocenters. The number of hydrogen-bond acceptors (Lipinski definition) is 4. The van der Waals surface area contributed by atoms with Gasteiger partial charge < -0.3 is 20.3 Å². The van der Waals surface area contributed by atoms with E-state index in [4.69, 9.17) is 4.74 Å². The fourth-order valence-corrected chi connectivity index (χ4v) is 3.27. The molecule has 112 valence electrons. The first-order chi connectivity index (χ1) is 9.08. The van der Waals surface area contributed by atoms with Crippen LogP contribution in [0.15, 0.2) is 0 Å². The topological polar surface area (TPSA) is 36.5 Å². The largest absolute Gasteiger partial charge is 0.378 e. The second-order valence-electron chi connectivity index (χ2n) is 6.95. The van der Waals surface area contributed by atoms with Gasteiger partial charge in [-0.3, -0.25) is 0 Å². The number of hydrogen-bond donors (Lipinski definition) is 2. The zero-order chi connectivity index (χ0) is 13.7. The minimum atomic E-state index is 0.379. The summed E-state index contributed by atoms with van der Waals surface area (Å²) in [7, 11) is 2.25. The molecule has 0 radical (unpaired) electrons. The Morgan fingerprint density at radius 2 is 2.26 bits per heavy atom. The first-order valence-electron chi connectivity index (χ1n) is 7.78. The number of ether oxygens (including phenoxy) is 1. The molecule has 2 heterocycles. The highest BCUT2D eigenvalue weighted by Crippen LogP contribution is 2.32. The van der Waals surface area contributed by atoms with Gasteiger partial charge in [0.05, 0.1) is 13.2 Å². The van der Waals surface area contributed by atoms with Gasteiger partial charge in [-0.1, -0.05) is 13.8 Å². The van der Waals surface area contributed by atoms with Crippen molar-refractivity contribution in [3.05, 3.63) is 0 Å². The van der Waals surface area contributed by atoms with E-state index in [1.165, 1.54) is 25.9 Å². The van der Waals surface area contributed by atoms with Crippen molar-refractivity contribution in [1.29, 1.82) is 0 Å². The van der Waals surface area contributed by atoms with Gasteiger partial charge >= 0.3 is 0 Å². The Hall–Kier alpha value is -0.160. The lowest BCUT2D eigenvalue weighted by Gasteiger charge is -2.41. The summed E-state index contributed by atoms with van der Waals surface area (Å²) in [5, 5.41) is 7.14. The summed E-state index contributed by atoms with van der Waals surface area (Å²) in [5.74, 6) is 0.814. The van der Waals surface area contributed by atoms with Gasteiger partial charge in [-0.2, -0.15) is 0 Å². The van der Waals surface area contributed by atoms with Crippen LogP contribution in [0.4, 0.5) is 0 Å². The third kappa shape index (κ3) is 4.71. The number of morpholine rings is 1. The van der Waals surface area contributed by atoms with Crippen LogP contribution in [0.1, 0.15) is 26.7 Å². The normalized spacial score (nSPS) is 30.5. The first kappa shape index (κ1) is 15.2. The van der Waals surface area contributed by atoms with Crippen molar-refractivity contribution in [1.82, 2.24) is 15.5 Å².